The van der Waals surface area contributed by atoms with Gasteiger partial charge in [0.1, 0.15) is 11.3 Å². The van der Waals surface area contributed by atoms with E-state index in [1.54, 1.807) is 36.5 Å². The molecule has 0 fully saturated rings. The molecule has 3 heterocycles. The number of ether oxygens (including phenoxy) is 2. The highest BCUT2D eigenvalue weighted by atomic mass is 16.5. The molecule has 7 nitrogen and oxygen atoms in total. The minimum atomic E-state index is -0.669. The van der Waals surface area contributed by atoms with E-state index >= 15 is 0 Å². The maximum absolute atomic E-state index is 13.9. The molecule has 1 aliphatic heterocycles. The molecule has 2 aromatic heterocycles. The van der Waals surface area contributed by atoms with E-state index in [-0.39, 0.29) is 23.6 Å². The number of unbranched alkanes of at least 4 members (excludes halogenated alkanes) is 2. The van der Waals surface area contributed by atoms with Gasteiger partial charge in [0.2, 0.25) is 5.76 Å². The average Bonchev–Trinajstić information content (AvgIpc) is 3.49. The first-order valence-electron chi connectivity index (χ1n) is 12.6. The lowest BCUT2D eigenvalue weighted by Crippen LogP contribution is -2.29. The molecule has 37 heavy (non-hydrogen) atoms. The number of rotatable bonds is 9. The number of nitrogens with zero attached hydrogens (tertiary/aromatic N) is 1. The summed E-state index contributed by atoms with van der Waals surface area (Å²) in [4.78, 5) is 29.2. The molecule has 7 heteroatoms. The molecule has 0 saturated carbocycles. The molecule has 5 rings (SSSR count). The van der Waals surface area contributed by atoms with Crippen LogP contribution in [0.2, 0.25) is 0 Å². The van der Waals surface area contributed by atoms with Crippen LogP contribution in [0.1, 0.15) is 70.8 Å². The first-order valence-corrected chi connectivity index (χ1v) is 12.6. The maximum Gasteiger partial charge on any atom is 0.291 e. The van der Waals surface area contributed by atoms with Gasteiger partial charge in [0, 0.05) is 0 Å². The van der Waals surface area contributed by atoms with Crippen LogP contribution in [0, 0.1) is 13.8 Å². The van der Waals surface area contributed by atoms with Gasteiger partial charge in [-0.25, -0.2) is 0 Å². The van der Waals surface area contributed by atoms with Crippen molar-refractivity contribution in [2.75, 3.05) is 13.7 Å². The normalized spacial score (nSPS) is 14.9. The minimum Gasteiger partial charge on any atom is -0.493 e. The number of benzene rings is 2. The Morgan fingerprint density at radius 1 is 1.03 bits per heavy atom. The number of hydrogen-bond donors (Lipinski definition) is 0. The van der Waals surface area contributed by atoms with Crippen LogP contribution < -0.4 is 14.9 Å². The van der Waals surface area contributed by atoms with Gasteiger partial charge in [-0.3, -0.25) is 9.59 Å². The van der Waals surface area contributed by atoms with Gasteiger partial charge in [-0.05, 0) is 67.3 Å². The van der Waals surface area contributed by atoms with Crippen LogP contribution >= 0.6 is 0 Å². The van der Waals surface area contributed by atoms with E-state index in [0.717, 1.165) is 36.0 Å². The second-order valence-corrected chi connectivity index (χ2v) is 9.51. The fourth-order valence-electron chi connectivity index (χ4n) is 5.10. The van der Waals surface area contributed by atoms with Crippen molar-refractivity contribution in [1.82, 2.24) is 4.90 Å². The van der Waals surface area contributed by atoms with Crippen LogP contribution in [0.25, 0.3) is 11.0 Å². The topological polar surface area (TPSA) is 82.1 Å². The van der Waals surface area contributed by atoms with Gasteiger partial charge in [0.15, 0.2) is 16.9 Å². The first kappa shape index (κ1) is 24.7. The third-order valence-corrected chi connectivity index (χ3v) is 6.83. The molecule has 4 aromatic rings. The SMILES string of the molecule is CCCCCOc1ccc(C2c3c(oc4cc(C)cc(C)c4c3=O)C(=O)N2Cc2ccco2)cc1OC. The smallest absolute Gasteiger partial charge is 0.291 e. The Hall–Kier alpha value is -4.00. The summed E-state index contributed by atoms with van der Waals surface area (Å²) in [7, 11) is 1.58. The summed E-state index contributed by atoms with van der Waals surface area (Å²) in [5.41, 5.74) is 3.05. The van der Waals surface area contributed by atoms with Crippen molar-refractivity contribution in [3.8, 4) is 11.5 Å². The number of fused-ring (bicyclic) bond motifs is 2. The highest BCUT2D eigenvalue weighted by Crippen LogP contribution is 2.42. The number of methoxy groups -OCH3 is 1. The summed E-state index contributed by atoms with van der Waals surface area (Å²) in [5.74, 6) is 1.50. The van der Waals surface area contributed by atoms with E-state index in [0.29, 0.717) is 40.4 Å². The predicted molar refractivity (Wildman–Crippen MR) is 140 cm³/mol. The molecular weight excluding hydrogens is 470 g/mol. The van der Waals surface area contributed by atoms with E-state index in [1.807, 2.05) is 38.1 Å². The van der Waals surface area contributed by atoms with Crippen LogP contribution in [0.15, 0.2) is 62.4 Å². The molecule has 1 unspecified atom stereocenters. The minimum absolute atomic E-state index is 0.0675. The molecule has 1 aliphatic rings. The van der Waals surface area contributed by atoms with Crippen molar-refractivity contribution >= 4 is 16.9 Å². The molecule has 0 spiro atoms. The molecule has 0 N–H and O–H groups in total. The van der Waals surface area contributed by atoms with Gasteiger partial charge in [-0.15, -0.1) is 0 Å². The highest BCUT2D eigenvalue weighted by molar-refractivity contribution is 5.99. The lowest BCUT2D eigenvalue weighted by Gasteiger charge is -2.25. The van der Waals surface area contributed by atoms with Gasteiger partial charge >= 0.3 is 0 Å². The van der Waals surface area contributed by atoms with Crippen LogP contribution in [0.5, 0.6) is 11.5 Å². The van der Waals surface area contributed by atoms with Gasteiger partial charge in [0.05, 0.1) is 43.5 Å². The molecule has 1 atom stereocenters. The van der Waals surface area contributed by atoms with Gasteiger partial charge in [-0.2, -0.15) is 0 Å². The van der Waals surface area contributed by atoms with Gasteiger partial charge < -0.3 is 23.2 Å². The van der Waals surface area contributed by atoms with Gasteiger partial charge in [-0.1, -0.05) is 31.9 Å². The molecular formula is C30H31NO6. The van der Waals surface area contributed by atoms with Crippen molar-refractivity contribution in [2.45, 2.75) is 52.6 Å². The summed E-state index contributed by atoms with van der Waals surface area (Å²) in [6.07, 6.45) is 4.72. The monoisotopic (exact) mass is 501 g/mol. The third kappa shape index (κ3) is 4.50. The third-order valence-electron chi connectivity index (χ3n) is 6.83. The molecule has 0 bridgehead atoms. The Bertz CT molecular complexity index is 1500. The summed E-state index contributed by atoms with van der Waals surface area (Å²) in [5, 5.41) is 0.491. The fourth-order valence-corrected chi connectivity index (χ4v) is 5.10. The summed E-state index contributed by atoms with van der Waals surface area (Å²) in [6.45, 7) is 6.75. The Labute approximate surface area is 215 Å². The molecule has 0 saturated heterocycles. The van der Waals surface area contributed by atoms with Crippen LogP contribution in [0.3, 0.4) is 0 Å². The molecule has 0 aliphatic carbocycles. The number of carbonyl (C=O) groups excluding carboxylic acids is 1. The second-order valence-electron chi connectivity index (χ2n) is 9.51. The summed E-state index contributed by atoms with van der Waals surface area (Å²) < 4.78 is 23.3. The van der Waals surface area contributed by atoms with E-state index in [1.165, 1.54) is 0 Å². The second kappa shape index (κ2) is 10.2. The fraction of sp³-hybridized carbons (Fsp3) is 0.333. The first-order chi connectivity index (χ1) is 17.9. The number of amides is 1. The zero-order valence-electron chi connectivity index (χ0n) is 21.6. The van der Waals surface area contributed by atoms with E-state index in [2.05, 4.69) is 6.92 Å². The van der Waals surface area contributed by atoms with Crippen molar-refractivity contribution in [3.63, 3.8) is 0 Å². The van der Waals surface area contributed by atoms with Crippen molar-refractivity contribution in [2.24, 2.45) is 0 Å². The van der Waals surface area contributed by atoms with Crippen LogP contribution in [0.4, 0.5) is 0 Å². The summed E-state index contributed by atoms with van der Waals surface area (Å²) in [6, 6.07) is 12.2. The standard InChI is InChI=1S/C30H31NO6/c1-5-6-7-12-36-22-11-10-20(16-23(22)34-4)27-26-28(32)25-19(3)14-18(2)15-24(25)37-29(26)30(33)31(27)17-21-9-8-13-35-21/h8-11,13-16,27H,5-7,12,17H2,1-4H3. The van der Waals surface area contributed by atoms with Gasteiger partial charge in [0.25, 0.3) is 5.91 Å². The highest BCUT2D eigenvalue weighted by Gasteiger charge is 2.43. The lowest BCUT2D eigenvalue weighted by atomic mass is 9.96. The molecule has 192 valence electrons. The zero-order chi connectivity index (χ0) is 26.1. The molecule has 1 amide bonds. The number of hydrogen-bond acceptors (Lipinski definition) is 6. The van der Waals surface area contributed by atoms with Crippen LogP contribution in [-0.2, 0) is 6.54 Å². The lowest BCUT2D eigenvalue weighted by molar-refractivity contribution is 0.0701. The van der Waals surface area contributed by atoms with Crippen molar-refractivity contribution < 1.29 is 23.1 Å². The van der Waals surface area contributed by atoms with Crippen LogP contribution in [-0.4, -0.2) is 24.5 Å². The van der Waals surface area contributed by atoms with E-state index in [4.69, 9.17) is 18.3 Å². The van der Waals surface area contributed by atoms with Crippen molar-refractivity contribution in [1.29, 1.82) is 0 Å². The Kier molecular flexibility index (Phi) is 6.78. The summed E-state index contributed by atoms with van der Waals surface area (Å²) >= 11 is 0. The molecule has 0 radical (unpaired) electrons. The maximum atomic E-state index is 13.9. The predicted octanol–water partition coefficient (Wildman–Crippen LogP) is 6.33. The molecule has 2 aromatic carbocycles. The number of carbonyl (C=O) groups is 1. The number of furan rings is 1. The Balaban J connectivity index is 1.64. The largest absolute Gasteiger partial charge is 0.493 e. The quantitative estimate of drug-likeness (QED) is 0.249. The van der Waals surface area contributed by atoms with E-state index in [9.17, 15) is 9.59 Å². The van der Waals surface area contributed by atoms with E-state index < -0.39 is 6.04 Å². The Morgan fingerprint density at radius 3 is 2.59 bits per heavy atom. The van der Waals surface area contributed by atoms with Crippen molar-refractivity contribution in [3.05, 3.63) is 92.7 Å². The Morgan fingerprint density at radius 2 is 1.86 bits per heavy atom. The average molecular weight is 502 g/mol. The number of aryl methyl sites for hydroxylation is 2. The zero-order valence-corrected chi connectivity index (χ0v) is 21.6.